The molecular weight excluding hydrogens is 458 g/mol. The molecule has 1 N–H and O–H groups in total. The Bertz CT molecular complexity index is 1670. The molecule has 0 spiro atoms. The van der Waals surface area contributed by atoms with Crippen molar-refractivity contribution in [1.29, 1.82) is 0 Å². The van der Waals surface area contributed by atoms with E-state index in [1.54, 1.807) is 22.8 Å². The van der Waals surface area contributed by atoms with Crippen LogP contribution in [0.3, 0.4) is 0 Å². The lowest BCUT2D eigenvalue weighted by molar-refractivity contribution is 0.101. The van der Waals surface area contributed by atoms with E-state index in [0.29, 0.717) is 34.8 Å². The van der Waals surface area contributed by atoms with Gasteiger partial charge in [0.1, 0.15) is 11.5 Å². The third-order valence-corrected chi connectivity index (χ3v) is 6.01. The molecule has 3 aromatic carbocycles. The zero-order valence-corrected chi connectivity index (χ0v) is 20.4. The Morgan fingerprint density at radius 1 is 0.917 bits per heavy atom. The van der Waals surface area contributed by atoms with E-state index in [1.165, 1.54) is 18.7 Å². The van der Waals surface area contributed by atoms with E-state index in [0.717, 1.165) is 16.7 Å². The molecular formula is C27H25N5O4. The minimum Gasteiger partial charge on any atom is -0.497 e. The third-order valence-electron chi connectivity index (χ3n) is 6.01. The molecule has 0 saturated heterocycles. The van der Waals surface area contributed by atoms with Gasteiger partial charge in [0.2, 0.25) is 11.5 Å². The molecule has 2 aromatic heterocycles. The number of ether oxygens (including phenoxy) is 2. The number of anilines is 1. The van der Waals surface area contributed by atoms with Crippen LogP contribution < -0.4 is 20.3 Å². The van der Waals surface area contributed by atoms with Crippen LogP contribution in [-0.2, 0) is 6.54 Å². The third kappa shape index (κ3) is 4.15. The summed E-state index contributed by atoms with van der Waals surface area (Å²) >= 11 is 0. The normalized spacial score (nSPS) is 11.1. The maximum absolute atomic E-state index is 13.6. The van der Waals surface area contributed by atoms with Crippen molar-refractivity contribution in [3.05, 3.63) is 93.5 Å². The number of aromatic nitrogens is 4. The largest absolute Gasteiger partial charge is 0.497 e. The lowest BCUT2D eigenvalue weighted by Gasteiger charge is -2.12. The Morgan fingerprint density at radius 2 is 1.67 bits per heavy atom. The van der Waals surface area contributed by atoms with E-state index in [1.807, 2.05) is 56.3 Å². The molecule has 2 heterocycles. The van der Waals surface area contributed by atoms with Gasteiger partial charge in [0.15, 0.2) is 0 Å². The van der Waals surface area contributed by atoms with Crippen LogP contribution in [0.2, 0.25) is 0 Å². The number of carbonyl (C=O) groups excluding carboxylic acids is 1. The summed E-state index contributed by atoms with van der Waals surface area (Å²) in [6, 6.07) is 18.8. The first kappa shape index (κ1) is 23.1. The summed E-state index contributed by atoms with van der Waals surface area (Å²) in [6.45, 7) is 4.35. The molecule has 0 aliphatic heterocycles. The SMILES string of the molecule is COc1ccc(OC)c(NC(=O)c2nc3c(=O)n(Cc4ccc(C)cc4)c4cc(C)ccc4n3n2)c1. The van der Waals surface area contributed by atoms with Crippen molar-refractivity contribution in [3.63, 3.8) is 0 Å². The summed E-state index contributed by atoms with van der Waals surface area (Å²) in [5, 5.41) is 7.15. The first-order valence-electron chi connectivity index (χ1n) is 11.4. The number of aryl methyl sites for hydroxylation is 2. The lowest BCUT2D eigenvalue weighted by Crippen LogP contribution is -2.24. The van der Waals surface area contributed by atoms with Crippen molar-refractivity contribution >= 4 is 28.3 Å². The molecule has 0 fully saturated rings. The van der Waals surface area contributed by atoms with Crippen LogP contribution in [0, 0.1) is 13.8 Å². The number of benzene rings is 3. The first-order chi connectivity index (χ1) is 17.4. The van der Waals surface area contributed by atoms with Crippen molar-refractivity contribution in [2.24, 2.45) is 0 Å². The van der Waals surface area contributed by atoms with Crippen LogP contribution in [0.15, 0.2) is 65.5 Å². The van der Waals surface area contributed by atoms with Gasteiger partial charge >= 0.3 is 0 Å². The van der Waals surface area contributed by atoms with Gasteiger partial charge in [0, 0.05) is 6.07 Å². The first-order valence-corrected chi connectivity index (χ1v) is 11.4. The Morgan fingerprint density at radius 3 is 2.39 bits per heavy atom. The second-order valence-corrected chi connectivity index (χ2v) is 8.56. The standard InChI is InChI=1S/C27H25N5O4/c1-16-5-8-18(9-6-16)15-31-22-13-17(2)7-11-21(22)32-25(27(31)34)29-24(30-32)26(33)28-20-14-19(35-3)10-12-23(20)36-4/h5-14H,15H2,1-4H3,(H,28,33). The van der Waals surface area contributed by atoms with Gasteiger partial charge < -0.3 is 14.8 Å². The summed E-state index contributed by atoms with van der Waals surface area (Å²) < 4.78 is 13.7. The van der Waals surface area contributed by atoms with Crippen LogP contribution in [0.5, 0.6) is 11.5 Å². The summed E-state index contributed by atoms with van der Waals surface area (Å²) in [5.41, 5.74) is 4.65. The van der Waals surface area contributed by atoms with Crippen molar-refractivity contribution in [1.82, 2.24) is 19.2 Å². The van der Waals surface area contributed by atoms with Gasteiger partial charge in [-0.25, -0.2) is 4.52 Å². The van der Waals surface area contributed by atoms with Crippen LogP contribution in [0.4, 0.5) is 5.69 Å². The fourth-order valence-corrected chi connectivity index (χ4v) is 4.10. The van der Waals surface area contributed by atoms with E-state index >= 15 is 0 Å². The molecule has 0 radical (unpaired) electrons. The van der Waals surface area contributed by atoms with Crippen molar-refractivity contribution in [2.45, 2.75) is 20.4 Å². The highest BCUT2D eigenvalue weighted by molar-refractivity contribution is 6.03. The molecule has 36 heavy (non-hydrogen) atoms. The molecule has 0 aliphatic carbocycles. The highest BCUT2D eigenvalue weighted by atomic mass is 16.5. The Hall–Kier alpha value is -4.66. The topological polar surface area (TPSA) is 99.8 Å². The van der Waals surface area contributed by atoms with E-state index in [9.17, 15) is 9.59 Å². The second kappa shape index (κ2) is 9.18. The fraction of sp³-hybridized carbons (Fsp3) is 0.185. The Kier molecular flexibility index (Phi) is 5.89. The quantitative estimate of drug-likeness (QED) is 0.392. The zero-order chi connectivity index (χ0) is 25.4. The molecule has 5 rings (SSSR count). The molecule has 0 bridgehead atoms. The molecule has 182 valence electrons. The average Bonchev–Trinajstić information content (AvgIpc) is 3.33. The van der Waals surface area contributed by atoms with Gasteiger partial charge in [-0.3, -0.25) is 14.2 Å². The Labute approximate surface area is 206 Å². The molecule has 0 saturated carbocycles. The molecule has 9 heteroatoms. The van der Waals surface area contributed by atoms with Crippen molar-refractivity contribution in [2.75, 3.05) is 19.5 Å². The number of amides is 1. The molecule has 0 unspecified atom stereocenters. The lowest BCUT2D eigenvalue weighted by atomic mass is 10.1. The molecule has 0 aliphatic rings. The van der Waals surface area contributed by atoms with Crippen LogP contribution in [-0.4, -0.2) is 39.3 Å². The smallest absolute Gasteiger partial charge is 0.296 e. The number of carbonyl (C=O) groups is 1. The highest BCUT2D eigenvalue weighted by Gasteiger charge is 2.20. The predicted octanol–water partition coefficient (Wildman–Crippen LogP) is 3.98. The van der Waals surface area contributed by atoms with E-state index < -0.39 is 5.91 Å². The van der Waals surface area contributed by atoms with Crippen LogP contribution in [0.25, 0.3) is 16.7 Å². The summed E-state index contributed by atoms with van der Waals surface area (Å²) in [6.07, 6.45) is 0. The van der Waals surface area contributed by atoms with Gasteiger partial charge in [0.25, 0.3) is 11.5 Å². The van der Waals surface area contributed by atoms with Gasteiger partial charge in [0.05, 0.1) is 37.5 Å². The number of hydrogen-bond donors (Lipinski definition) is 1. The minimum atomic E-state index is -0.574. The Balaban J connectivity index is 1.61. The summed E-state index contributed by atoms with van der Waals surface area (Å²) in [5.74, 6) is 0.297. The predicted molar refractivity (Wildman–Crippen MR) is 137 cm³/mol. The van der Waals surface area contributed by atoms with Gasteiger partial charge in [-0.2, -0.15) is 4.98 Å². The van der Waals surface area contributed by atoms with E-state index in [2.05, 4.69) is 15.4 Å². The summed E-state index contributed by atoms with van der Waals surface area (Å²) in [7, 11) is 3.04. The monoisotopic (exact) mass is 483 g/mol. The maximum Gasteiger partial charge on any atom is 0.296 e. The van der Waals surface area contributed by atoms with Gasteiger partial charge in [-0.15, -0.1) is 5.10 Å². The number of methoxy groups -OCH3 is 2. The average molecular weight is 484 g/mol. The molecule has 1 amide bonds. The summed E-state index contributed by atoms with van der Waals surface area (Å²) in [4.78, 5) is 31.0. The molecule has 0 atom stereocenters. The number of rotatable bonds is 6. The highest BCUT2D eigenvalue weighted by Crippen LogP contribution is 2.29. The fourth-order valence-electron chi connectivity index (χ4n) is 4.10. The number of nitrogens with zero attached hydrogens (tertiary/aromatic N) is 4. The van der Waals surface area contributed by atoms with Crippen LogP contribution >= 0.6 is 0 Å². The van der Waals surface area contributed by atoms with E-state index in [4.69, 9.17) is 9.47 Å². The number of fused-ring (bicyclic) bond motifs is 3. The minimum absolute atomic E-state index is 0.0706. The number of hydrogen-bond acceptors (Lipinski definition) is 6. The van der Waals surface area contributed by atoms with Gasteiger partial charge in [-0.05, 0) is 49.2 Å². The zero-order valence-electron chi connectivity index (χ0n) is 20.4. The van der Waals surface area contributed by atoms with Gasteiger partial charge in [-0.1, -0.05) is 35.9 Å². The number of nitrogens with one attached hydrogen (secondary N) is 1. The maximum atomic E-state index is 13.6. The van der Waals surface area contributed by atoms with Crippen LogP contribution in [0.1, 0.15) is 27.3 Å². The van der Waals surface area contributed by atoms with E-state index in [-0.39, 0.29) is 17.0 Å². The molecule has 5 aromatic rings. The second-order valence-electron chi connectivity index (χ2n) is 8.56. The molecule has 9 nitrogen and oxygen atoms in total. The van der Waals surface area contributed by atoms with Crippen molar-refractivity contribution < 1.29 is 14.3 Å². The van der Waals surface area contributed by atoms with Crippen molar-refractivity contribution in [3.8, 4) is 11.5 Å².